The molecule has 0 radical (unpaired) electrons. The highest BCUT2D eigenvalue weighted by molar-refractivity contribution is 5.84. The van der Waals surface area contributed by atoms with Crippen molar-refractivity contribution >= 4 is 22.7 Å². The Hall–Kier alpha value is -3.28. The zero-order valence-electron chi connectivity index (χ0n) is 18.2. The highest BCUT2D eigenvalue weighted by atomic mass is 16.5. The molecule has 31 heavy (non-hydrogen) atoms. The summed E-state index contributed by atoms with van der Waals surface area (Å²) in [6.07, 6.45) is 4.33. The second-order valence-electron chi connectivity index (χ2n) is 8.25. The first-order valence-corrected chi connectivity index (χ1v) is 10.8. The average molecular weight is 420 g/mol. The number of para-hydroxylation sites is 1. The molecule has 0 unspecified atom stereocenters. The standard InChI is InChI=1S/C25H29N3O3/c1-27(2)24(29)11-8-18-7-10-23-20(15-18)17-28(13-14-31-23)25(30)12-9-19-16-26-22-6-4-3-5-21(19)22/h3-7,10,15-16,26H,8-9,11-14,17H2,1-2H3. The number of rotatable bonds is 6. The molecular weight excluding hydrogens is 390 g/mol. The minimum Gasteiger partial charge on any atom is -0.491 e. The Morgan fingerprint density at radius 3 is 2.77 bits per heavy atom. The molecule has 1 aromatic heterocycles. The average Bonchev–Trinajstić information content (AvgIpc) is 3.06. The number of aryl methyl sites for hydroxylation is 2. The molecule has 4 rings (SSSR count). The minimum absolute atomic E-state index is 0.111. The van der Waals surface area contributed by atoms with Gasteiger partial charge in [-0.1, -0.05) is 30.3 Å². The van der Waals surface area contributed by atoms with Crippen LogP contribution in [-0.4, -0.2) is 53.8 Å². The number of nitrogens with one attached hydrogen (secondary N) is 1. The van der Waals surface area contributed by atoms with Gasteiger partial charge in [-0.2, -0.15) is 0 Å². The van der Waals surface area contributed by atoms with E-state index in [1.54, 1.807) is 19.0 Å². The molecule has 0 spiro atoms. The van der Waals surface area contributed by atoms with Crippen molar-refractivity contribution in [3.8, 4) is 5.75 Å². The molecule has 1 N–H and O–H groups in total. The van der Waals surface area contributed by atoms with Crippen LogP contribution in [0.25, 0.3) is 10.9 Å². The molecular formula is C25H29N3O3. The summed E-state index contributed by atoms with van der Waals surface area (Å²) in [5.41, 5.74) is 4.36. The van der Waals surface area contributed by atoms with Crippen LogP contribution in [0.4, 0.5) is 0 Å². The Balaban J connectivity index is 1.40. The molecule has 0 saturated carbocycles. The van der Waals surface area contributed by atoms with Crippen molar-refractivity contribution in [1.29, 1.82) is 0 Å². The van der Waals surface area contributed by atoms with Crippen molar-refractivity contribution in [2.75, 3.05) is 27.2 Å². The van der Waals surface area contributed by atoms with Crippen molar-refractivity contribution in [2.24, 2.45) is 0 Å². The van der Waals surface area contributed by atoms with Gasteiger partial charge in [-0.05, 0) is 36.1 Å². The molecule has 6 nitrogen and oxygen atoms in total. The Kier molecular flexibility index (Phi) is 6.26. The number of aromatic amines is 1. The van der Waals surface area contributed by atoms with Gasteiger partial charge in [-0.3, -0.25) is 9.59 Å². The number of carbonyl (C=O) groups is 2. The van der Waals surface area contributed by atoms with Gasteiger partial charge >= 0.3 is 0 Å². The van der Waals surface area contributed by atoms with E-state index >= 15 is 0 Å². The predicted octanol–water partition coefficient (Wildman–Crippen LogP) is 3.54. The topological polar surface area (TPSA) is 65.6 Å². The molecule has 2 aromatic carbocycles. The number of carbonyl (C=O) groups excluding carboxylic acids is 2. The summed E-state index contributed by atoms with van der Waals surface area (Å²) in [6.45, 7) is 1.61. The quantitative estimate of drug-likeness (QED) is 0.665. The third-order valence-electron chi connectivity index (χ3n) is 5.87. The fraction of sp³-hybridized carbons (Fsp3) is 0.360. The zero-order valence-corrected chi connectivity index (χ0v) is 18.2. The number of hydrogen-bond donors (Lipinski definition) is 1. The Labute approximate surface area is 182 Å². The number of fused-ring (bicyclic) bond motifs is 2. The third-order valence-corrected chi connectivity index (χ3v) is 5.87. The van der Waals surface area contributed by atoms with Gasteiger partial charge in [0.05, 0.1) is 6.54 Å². The molecule has 0 saturated heterocycles. The van der Waals surface area contributed by atoms with Crippen LogP contribution in [0.15, 0.2) is 48.7 Å². The van der Waals surface area contributed by atoms with Crippen molar-refractivity contribution in [3.63, 3.8) is 0 Å². The second-order valence-corrected chi connectivity index (χ2v) is 8.25. The van der Waals surface area contributed by atoms with Gasteiger partial charge in [0, 0.05) is 56.1 Å². The molecule has 2 amide bonds. The summed E-state index contributed by atoms with van der Waals surface area (Å²) in [4.78, 5) is 31.6. The number of H-pyrrole nitrogens is 1. The Bertz CT molecular complexity index is 1090. The van der Waals surface area contributed by atoms with E-state index in [4.69, 9.17) is 4.74 Å². The van der Waals surface area contributed by atoms with Gasteiger partial charge < -0.3 is 19.5 Å². The van der Waals surface area contributed by atoms with Crippen LogP contribution in [0.3, 0.4) is 0 Å². The van der Waals surface area contributed by atoms with Crippen molar-refractivity contribution in [1.82, 2.24) is 14.8 Å². The molecule has 3 aromatic rings. The Morgan fingerprint density at radius 2 is 1.94 bits per heavy atom. The lowest BCUT2D eigenvalue weighted by Gasteiger charge is -2.20. The first kappa shape index (κ1) is 21.0. The molecule has 0 aliphatic carbocycles. The summed E-state index contributed by atoms with van der Waals surface area (Å²) in [5, 5.41) is 1.18. The zero-order chi connectivity index (χ0) is 21.8. The van der Waals surface area contributed by atoms with Crippen LogP contribution in [0.5, 0.6) is 5.75 Å². The normalized spacial score (nSPS) is 13.4. The molecule has 0 atom stereocenters. The van der Waals surface area contributed by atoms with Crippen LogP contribution in [0.2, 0.25) is 0 Å². The SMILES string of the molecule is CN(C)C(=O)CCc1ccc2c(c1)CN(C(=O)CCc1c[nH]c3ccccc13)CCO2. The van der Waals surface area contributed by atoms with E-state index < -0.39 is 0 Å². The van der Waals surface area contributed by atoms with Gasteiger partial charge in [-0.15, -0.1) is 0 Å². The summed E-state index contributed by atoms with van der Waals surface area (Å²) in [5.74, 6) is 1.07. The van der Waals surface area contributed by atoms with Crippen LogP contribution in [0, 0.1) is 0 Å². The molecule has 162 valence electrons. The summed E-state index contributed by atoms with van der Waals surface area (Å²) in [7, 11) is 3.54. The number of nitrogens with zero attached hydrogens (tertiary/aromatic N) is 2. The minimum atomic E-state index is 0.111. The van der Waals surface area contributed by atoms with E-state index in [2.05, 4.69) is 17.1 Å². The number of ether oxygens (including phenoxy) is 1. The fourth-order valence-corrected chi connectivity index (χ4v) is 4.03. The lowest BCUT2D eigenvalue weighted by molar-refractivity contribution is -0.132. The van der Waals surface area contributed by atoms with Gasteiger partial charge in [0.15, 0.2) is 0 Å². The largest absolute Gasteiger partial charge is 0.491 e. The summed E-state index contributed by atoms with van der Waals surface area (Å²) >= 11 is 0. The van der Waals surface area contributed by atoms with Crippen molar-refractivity contribution < 1.29 is 14.3 Å². The smallest absolute Gasteiger partial charge is 0.223 e. The second kappa shape index (κ2) is 9.25. The van der Waals surface area contributed by atoms with E-state index in [-0.39, 0.29) is 11.8 Å². The number of amides is 2. The molecule has 1 aliphatic rings. The van der Waals surface area contributed by atoms with Gasteiger partial charge in [0.25, 0.3) is 0 Å². The van der Waals surface area contributed by atoms with Crippen LogP contribution < -0.4 is 4.74 Å². The predicted molar refractivity (Wildman–Crippen MR) is 121 cm³/mol. The summed E-state index contributed by atoms with van der Waals surface area (Å²) in [6, 6.07) is 14.2. The first-order valence-electron chi connectivity index (χ1n) is 10.8. The van der Waals surface area contributed by atoms with E-state index in [0.717, 1.165) is 22.4 Å². The molecule has 0 bridgehead atoms. The van der Waals surface area contributed by atoms with Crippen LogP contribution in [0.1, 0.15) is 29.5 Å². The number of benzene rings is 2. The highest BCUT2D eigenvalue weighted by Gasteiger charge is 2.20. The maximum absolute atomic E-state index is 13.0. The Morgan fingerprint density at radius 1 is 1.10 bits per heavy atom. The van der Waals surface area contributed by atoms with E-state index in [9.17, 15) is 9.59 Å². The monoisotopic (exact) mass is 419 g/mol. The fourth-order valence-electron chi connectivity index (χ4n) is 4.03. The maximum Gasteiger partial charge on any atom is 0.223 e. The summed E-state index contributed by atoms with van der Waals surface area (Å²) < 4.78 is 5.88. The molecule has 1 aliphatic heterocycles. The van der Waals surface area contributed by atoms with Crippen molar-refractivity contribution in [3.05, 3.63) is 65.4 Å². The van der Waals surface area contributed by atoms with Crippen LogP contribution >= 0.6 is 0 Å². The lowest BCUT2D eigenvalue weighted by atomic mass is 10.0. The first-order chi connectivity index (χ1) is 15.0. The van der Waals surface area contributed by atoms with Gasteiger partial charge in [0.2, 0.25) is 11.8 Å². The molecule has 0 fully saturated rings. The lowest BCUT2D eigenvalue weighted by Crippen LogP contribution is -2.32. The van der Waals surface area contributed by atoms with Crippen molar-refractivity contribution in [2.45, 2.75) is 32.2 Å². The third kappa shape index (κ3) is 4.90. The highest BCUT2D eigenvalue weighted by Crippen LogP contribution is 2.26. The van der Waals surface area contributed by atoms with Gasteiger partial charge in [-0.25, -0.2) is 0 Å². The van der Waals surface area contributed by atoms with Crippen LogP contribution in [-0.2, 0) is 29.0 Å². The van der Waals surface area contributed by atoms with E-state index in [0.29, 0.717) is 45.4 Å². The molecule has 2 heterocycles. The number of hydrogen-bond acceptors (Lipinski definition) is 3. The maximum atomic E-state index is 13.0. The van der Waals surface area contributed by atoms with Gasteiger partial charge in [0.1, 0.15) is 12.4 Å². The molecule has 6 heteroatoms. The number of aromatic nitrogens is 1. The van der Waals surface area contributed by atoms with E-state index in [1.165, 1.54) is 10.9 Å². The van der Waals surface area contributed by atoms with E-state index in [1.807, 2.05) is 41.4 Å².